The number of likely N-dealkylation sites (tertiary alicyclic amines) is 1. The molecule has 2 aromatic rings. The fraction of sp³-hybridized carbons (Fsp3) is 0.565. The first-order valence-corrected chi connectivity index (χ1v) is 11.8. The molecule has 0 N–H and O–H groups in total. The van der Waals surface area contributed by atoms with E-state index in [1.54, 1.807) is 30.2 Å². The van der Waals surface area contributed by atoms with Gasteiger partial charge in [0.15, 0.2) is 0 Å². The molecule has 0 radical (unpaired) electrons. The average Bonchev–Trinajstić information content (AvgIpc) is 3.19. The van der Waals surface area contributed by atoms with Crippen molar-refractivity contribution in [1.29, 1.82) is 0 Å². The lowest BCUT2D eigenvalue weighted by molar-refractivity contribution is -0.151. The van der Waals surface area contributed by atoms with Crippen LogP contribution in [-0.2, 0) is 25.5 Å². The number of fused-ring (bicyclic) bond motifs is 1. The highest BCUT2D eigenvalue weighted by Gasteiger charge is 2.28. The Labute approximate surface area is 187 Å². The summed E-state index contributed by atoms with van der Waals surface area (Å²) in [5.74, 6) is -0.377. The van der Waals surface area contributed by atoms with E-state index in [-0.39, 0.29) is 30.2 Å². The lowest BCUT2D eigenvalue weighted by atomic mass is 9.97. The molecule has 31 heavy (non-hydrogen) atoms. The molecule has 1 aromatic heterocycles. The van der Waals surface area contributed by atoms with E-state index in [0.717, 1.165) is 29.8 Å². The molecule has 8 heteroatoms. The number of unbranched alkanes of at least 4 members (excludes halogenated alkanes) is 1. The SMILES string of the molecule is CCOC(=O)C1CCN(C(=O)CN(C)C(=O)CCCCc2nc3ccccc3s2)CC1. The first-order valence-electron chi connectivity index (χ1n) is 11.0. The Balaban J connectivity index is 1.34. The van der Waals surface area contributed by atoms with Gasteiger partial charge in [-0.15, -0.1) is 11.3 Å². The summed E-state index contributed by atoms with van der Waals surface area (Å²) in [6.07, 6.45) is 4.21. The number of rotatable bonds is 9. The Bertz CT molecular complexity index is 872. The van der Waals surface area contributed by atoms with Gasteiger partial charge in [-0.05, 0) is 51.2 Å². The lowest BCUT2D eigenvalue weighted by Crippen LogP contribution is -2.45. The molecule has 1 aromatic carbocycles. The Morgan fingerprint density at radius 3 is 2.65 bits per heavy atom. The summed E-state index contributed by atoms with van der Waals surface area (Å²) in [6.45, 7) is 3.33. The number of aryl methyl sites for hydroxylation is 1. The number of carbonyl (C=O) groups is 3. The van der Waals surface area contributed by atoms with Gasteiger partial charge in [-0.1, -0.05) is 12.1 Å². The largest absolute Gasteiger partial charge is 0.466 e. The molecule has 3 rings (SSSR count). The molecular formula is C23H31N3O4S. The summed E-state index contributed by atoms with van der Waals surface area (Å²) in [5.41, 5.74) is 1.03. The van der Waals surface area contributed by atoms with E-state index in [2.05, 4.69) is 11.1 Å². The van der Waals surface area contributed by atoms with E-state index in [0.29, 0.717) is 39.0 Å². The highest BCUT2D eigenvalue weighted by Crippen LogP contribution is 2.23. The number of benzene rings is 1. The number of ether oxygens (including phenoxy) is 1. The molecule has 0 aliphatic carbocycles. The van der Waals surface area contributed by atoms with Crippen LogP contribution in [0, 0.1) is 5.92 Å². The van der Waals surface area contributed by atoms with E-state index < -0.39 is 0 Å². The number of hydrogen-bond acceptors (Lipinski definition) is 6. The molecule has 0 bridgehead atoms. The second-order valence-corrected chi connectivity index (χ2v) is 9.05. The number of thiazole rings is 1. The van der Waals surface area contributed by atoms with Crippen LogP contribution in [0.1, 0.15) is 44.0 Å². The van der Waals surface area contributed by atoms with Crippen LogP contribution in [0.5, 0.6) is 0 Å². The van der Waals surface area contributed by atoms with Crippen LogP contribution < -0.4 is 0 Å². The van der Waals surface area contributed by atoms with Crippen molar-refractivity contribution in [3.05, 3.63) is 29.3 Å². The third-order valence-electron chi connectivity index (χ3n) is 5.64. The highest BCUT2D eigenvalue weighted by atomic mass is 32.1. The number of aromatic nitrogens is 1. The van der Waals surface area contributed by atoms with Crippen molar-refractivity contribution in [3.8, 4) is 0 Å². The van der Waals surface area contributed by atoms with E-state index in [4.69, 9.17) is 4.74 Å². The molecule has 0 spiro atoms. The Morgan fingerprint density at radius 2 is 1.94 bits per heavy atom. The van der Waals surface area contributed by atoms with Gasteiger partial charge in [-0.2, -0.15) is 0 Å². The molecule has 0 unspecified atom stereocenters. The van der Waals surface area contributed by atoms with Gasteiger partial charge in [-0.25, -0.2) is 4.98 Å². The highest BCUT2D eigenvalue weighted by molar-refractivity contribution is 7.18. The predicted octanol–water partition coefficient (Wildman–Crippen LogP) is 3.27. The van der Waals surface area contributed by atoms with Gasteiger partial charge in [0.25, 0.3) is 0 Å². The molecule has 2 amide bonds. The quantitative estimate of drug-likeness (QED) is 0.437. The zero-order chi connectivity index (χ0) is 22.2. The maximum atomic E-state index is 12.5. The first kappa shape index (κ1) is 23.2. The minimum atomic E-state index is -0.173. The van der Waals surface area contributed by atoms with Crippen LogP contribution in [0.15, 0.2) is 24.3 Å². The third-order valence-corrected chi connectivity index (χ3v) is 6.73. The van der Waals surface area contributed by atoms with Crippen LogP contribution in [0.25, 0.3) is 10.2 Å². The minimum Gasteiger partial charge on any atom is -0.466 e. The van der Waals surface area contributed by atoms with Crippen molar-refractivity contribution < 1.29 is 19.1 Å². The normalized spacial score (nSPS) is 14.6. The Morgan fingerprint density at radius 1 is 1.19 bits per heavy atom. The van der Waals surface area contributed by atoms with Crippen molar-refractivity contribution in [2.24, 2.45) is 5.92 Å². The summed E-state index contributed by atoms with van der Waals surface area (Å²) >= 11 is 1.71. The second-order valence-electron chi connectivity index (χ2n) is 7.94. The zero-order valence-electron chi connectivity index (χ0n) is 18.3. The van der Waals surface area contributed by atoms with Gasteiger partial charge in [0.05, 0.1) is 34.3 Å². The summed E-state index contributed by atoms with van der Waals surface area (Å²) in [6, 6.07) is 8.10. The molecule has 1 aliphatic heterocycles. The van der Waals surface area contributed by atoms with Crippen LogP contribution in [0.4, 0.5) is 0 Å². The monoisotopic (exact) mass is 445 g/mol. The number of likely N-dealkylation sites (N-methyl/N-ethyl adjacent to an activating group) is 1. The molecule has 1 aliphatic rings. The molecule has 0 saturated carbocycles. The van der Waals surface area contributed by atoms with E-state index >= 15 is 0 Å². The van der Waals surface area contributed by atoms with E-state index in [1.165, 1.54) is 9.60 Å². The smallest absolute Gasteiger partial charge is 0.309 e. The molecule has 7 nitrogen and oxygen atoms in total. The van der Waals surface area contributed by atoms with Crippen LogP contribution >= 0.6 is 11.3 Å². The van der Waals surface area contributed by atoms with Crippen LogP contribution in [0.3, 0.4) is 0 Å². The number of carbonyl (C=O) groups excluding carboxylic acids is 3. The summed E-state index contributed by atoms with van der Waals surface area (Å²) < 4.78 is 6.26. The zero-order valence-corrected chi connectivity index (χ0v) is 19.2. The van der Waals surface area contributed by atoms with Gasteiger partial charge in [0.1, 0.15) is 0 Å². The Hall–Kier alpha value is -2.48. The number of esters is 1. The third kappa shape index (κ3) is 6.50. The van der Waals surface area contributed by atoms with E-state index in [1.807, 2.05) is 18.2 Å². The summed E-state index contributed by atoms with van der Waals surface area (Å²) in [5, 5.41) is 1.10. The maximum absolute atomic E-state index is 12.5. The Kier molecular flexibility index (Phi) is 8.40. The van der Waals surface area contributed by atoms with Gasteiger partial charge < -0.3 is 14.5 Å². The number of piperidine rings is 1. The molecular weight excluding hydrogens is 414 g/mol. The number of nitrogens with zero attached hydrogens (tertiary/aromatic N) is 3. The fourth-order valence-electron chi connectivity index (χ4n) is 3.79. The van der Waals surface area contributed by atoms with Gasteiger partial charge in [0.2, 0.25) is 11.8 Å². The van der Waals surface area contributed by atoms with Gasteiger partial charge in [-0.3, -0.25) is 14.4 Å². The van der Waals surface area contributed by atoms with Crippen molar-refractivity contribution in [3.63, 3.8) is 0 Å². The number of para-hydroxylation sites is 1. The molecule has 0 atom stereocenters. The molecule has 1 saturated heterocycles. The van der Waals surface area contributed by atoms with Crippen molar-refractivity contribution >= 4 is 39.3 Å². The van der Waals surface area contributed by atoms with Gasteiger partial charge >= 0.3 is 5.97 Å². The van der Waals surface area contributed by atoms with Crippen molar-refractivity contribution in [2.45, 2.75) is 45.4 Å². The molecule has 1 fully saturated rings. The maximum Gasteiger partial charge on any atom is 0.309 e. The van der Waals surface area contributed by atoms with Crippen LogP contribution in [0.2, 0.25) is 0 Å². The first-order chi connectivity index (χ1) is 15.0. The minimum absolute atomic E-state index is 0.0148. The van der Waals surface area contributed by atoms with Crippen molar-refractivity contribution in [1.82, 2.24) is 14.8 Å². The second kappa shape index (κ2) is 11.2. The summed E-state index contributed by atoms with van der Waals surface area (Å²) in [4.78, 5) is 44.6. The van der Waals surface area contributed by atoms with Crippen molar-refractivity contribution in [2.75, 3.05) is 33.3 Å². The summed E-state index contributed by atoms with van der Waals surface area (Å²) in [7, 11) is 1.68. The molecule has 168 valence electrons. The molecule has 2 heterocycles. The average molecular weight is 446 g/mol. The fourth-order valence-corrected chi connectivity index (χ4v) is 4.80. The van der Waals surface area contributed by atoms with Gasteiger partial charge in [0, 0.05) is 26.6 Å². The lowest BCUT2D eigenvalue weighted by Gasteiger charge is -2.32. The topological polar surface area (TPSA) is 79.8 Å². The van der Waals surface area contributed by atoms with E-state index in [9.17, 15) is 14.4 Å². The standard InChI is InChI=1S/C23H31N3O4S/c1-3-30-23(29)17-12-14-26(15-13-17)22(28)16-25(2)21(27)11-7-6-10-20-24-18-8-4-5-9-19(18)31-20/h4-5,8-9,17H,3,6-7,10-16H2,1-2H3. The predicted molar refractivity (Wildman–Crippen MR) is 121 cm³/mol. The number of hydrogen-bond donors (Lipinski definition) is 0. The van der Waals surface area contributed by atoms with Crippen LogP contribution in [-0.4, -0.2) is 65.9 Å². The number of amides is 2.